The second kappa shape index (κ2) is 16.3. The Morgan fingerprint density at radius 1 is 0.294 bits per heavy atom. The van der Waals surface area contributed by atoms with E-state index in [1.54, 1.807) is 48.5 Å². The Kier molecular flexibility index (Phi) is 9.61. The van der Waals surface area contributed by atoms with E-state index in [4.69, 9.17) is 0 Å². The number of halogens is 2. The van der Waals surface area contributed by atoms with Crippen molar-refractivity contribution >= 4 is 88.0 Å². The first-order valence-corrected chi connectivity index (χ1v) is 22.3. The van der Waals surface area contributed by atoms with Crippen molar-refractivity contribution in [3.8, 4) is 34.4 Å². The van der Waals surface area contributed by atoms with Gasteiger partial charge in [-0.3, -0.25) is 0 Å². The Bertz CT molecular complexity index is 3810. The summed E-state index contributed by atoms with van der Waals surface area (Å²) in [5.74, 6) is -0.895. The third-order valence-electron chi connectivity index (χ3n) is 13.2. The average molecular weight is 875 g/mol. The normalized spacial score (nSPS) is 11.4. The first-order chi connectivity index (χ1) is 33.4. The van der Waals surface area contributed by atoms with Gasteiger partial charge in [0.15, 0.2) is 0 Å². The molecule has 0 fully saturated rings. The second-order valence-electron chi connectivity index (χ2n) is 17.0. The largest absolute Gasteiger partial charge is 0.306 e. The van der Waals surface area contributed by atoms with Gasteiger partial charge in [-0.25, -0.2) is 8.78 Å². The standard InChI is InChI=1S/C62H36F2N4/c63-53-35-47(45-19-17-39-9-1-3-11-43(39)33-45)25-31-59(53)67(55-15-7-5-13-49(55)37-65)57-29-23-41-22-28-52-58(30-24-42-21-27-51(57)61(41)62(42)52)68(56-16-8-6-14-50(56)38-66)60-32-26-48(36-54(60)64)46-20-18-40-10-2-4-12-44(40)34-46/h1-36H. The minimum atomic E-state index is -0.447. The molecule has 0 saturated carbocycles. The first-order valence-electron chi connectivity index (χ1n) is 22.3. The van der Waals surface area contributed by atoms with Crippen molar-refractivity contribution in [2.45, 2.75) is 0 Å². The third kappa shape index (κ3) is 6.63. The fourth-order valence-corrected chi connectivity index (χ4v) is 9.94. The molecule has 0 atom stereocenters. The first kappa shape index (κ1) is 40.2. The summed E-state index contributed by atoms with van der Waals surface area (Å²) in [7, 11) is 0. The molecule has 0 radical (unpaired) electrons. The van der Waals surface area contributed by atoms with Crippen molar-refractivity contribution in [1.82, 2.24) is 0 Å². The molecule has 0 aromatic heterocycles. The van der Waals surface area contributed by atoms with Crippen LogP contribution in [0.2, 0.25) is 0 Å². The van der Waals surface area contributed by atoms with Crippen LogP contribution in [-0.2, 0) is 0 Å². The van der Waals surface area contributed by atoms with Gasteiger partial charge in [0.05, 0.1) is 45.3 Å². The summed E-state index contributed by atoms with van der Waals surface area (Å²) in [6.07, 6.45) is 0. The van der Waals surface area contributed by atoms with Crippen LogP contribution in [0.15, 0.2) is 218 Å². The molecular weight excluding hydrogens is 839 g/mol. The van der Waals surface area contributed by atoms with E-state index in [0.29, 0.717) is 33.9 Å². The number of hydrogen-bond acceptors (Lipinski definition) is 4. The lowest BCUT2D eigenvalue weighted by Crippen LogP contribution is -2.14. The molecule has 0 aliphatic heterocycles. The van der Waals surface area contributed by atoms with Gasteiger partial charge in [0.1, 0.15) is 23.8 Å². The predicted molar refractivity (Wildman–Crippen MR) is 275 cm³/mol. The lowest BCUT2D eigenvalue weighted by molar-refractivity contribution is 0.629. The van der Waals surface area contributed by atoms with E-state index in [9.17, 15) is 10.5 Å². The molecule has 0 aliphatic rings. The van der Waals surface area contributed by atoms with Crippen molar-refractivity contribution in [2.24, 2.45) is 0 Å². The quantitative estimate of drug-likeness (QED) is 0.143. The van der Waals surface area contributed by atoms with Crippen LogP contribution in [0.4, 0.5) is 42.9 Å². The van der Waals surface area contributed by atoms with Gasteiger partial charge in [-0.1, -0.05) is 146 Å². The van der Waals surface area contributed by atoms with Gasteiger partial charge in [-0.05, 0) is 138 Å². The van der Waals surface area contributed by atoms with Crippen LogP contribution in [0.25, 0.3) is 76.1 Å². The number of fused-ring (bicyclic) bond motifs is 2. The highest BCUT2D eigenvalue weighted by Gasteiger charge is 2.26. The zero-order valence-electron chi connectivity index (χ0n) is 36.3. The highest BCUT2D eigenvalue weighted by Crippen LogP contribution is 2.49. The van der Waals surface area contributed by atoms with Gasteiger partial charge in [-0.2, -0.15) is 10.5 Å². The van der Waals surface area contributed by atoms with Crippen LogP contribution in [0.1, 0.15) is 11.1 Å². The Balaban J connectivity index is 1.05. The molecule has 0 N–H and O–H groups in total. The molecule has 0 heterocycles. The molecule has 12 aromatic rings. The Morgan fingerprint density at radius 3 is 1.06 bits per heavy atom. The van der Waals surface area contributed by atoms with E-state index in [0.717, 1.165) is 76.1 Å². The summed E-state index contributed by atoms with van der Waals surface area (Å²) in [5, 5.41) is 30.7. The minimum absolute atomic E-state index is 0.287. The minimum Gasteiger partial charge on any atom is -0.306 e. The lowest BCUT2D eigenvalue weighted by Gasteiger charge is -2.30. The van der Waals surface area contributed by atoms with Gasteiger partial charge in [-0.15, -0.1) is 0 Å². The van der Waals surface area contributed by atoms with E-state index in [1.165, 1.54) is 0 Å². The highest BCUT2D eigenvalue weighted by atomic mass is 19.1. The monoisotopic (exact) mass is 874 g/mol. The number of rotatable bonds is 8. The van der Waals surface area contributed by atoms with Crippen molar-refractivity contribution in [3.05, 3.63) is 241 Å². The molecule has 318 valence electrons. The van der Waals surface area contributed by atoms with Crippen molar-refractivity contribution in [3.63, 3.8) is 0 Å². The smallest absolute Gasteiger partial charge is 0.147 e. The molecular formula is C62H36F2N4. The van der Waals surface area contributed by atoms with Crippen molar-refractivity contribution < 1.29 is 8.78 Å². The molecule has 6 heteroatoms. The second-order valence-corrected chi connectivity index (χ2v) is 17.0. The molecule has 0 saturated heterocycles. The predicted octanol–water partition coefficient (Wildman–Crippen LogP) is 17.2. The average Bonchev–Trinajstić information content (AvgIpc) is 3.39. The van der Waals surface area contributed by atoms with Crippen molar-refractivity contribution in [1.29, 1.82) is 10.5 Å². The topological polar surface area (TPSA) is 54.1 Å². The van der Waals surface area contributed by atoms with Gasteiger partial charge in [0.25, 0.3) is 0 Å². The summed E-state index contributed by atoms with van der Waals surface area (Å²) in [6, 6.07) is 74.4. The van der Waals surface area contributed by atoms with Crippen LogP contribution in [0, 0.1) is 34.3 Å². The Labute approximate surface area is 391 Å². The number of para-hydroxylation sites is 2. The number of nitrogens with zero attached hydrogens (tertiary/aromatic N) is 4. The molecule has 0 unspecified atom stereocenters. The van der Waals surface area contributed by atoms with Gasteiger partial charge < -0.3 is 9.80 Å². The molecule has 12 aromatic carbocycles. The van der Waals surface area contributed by atoms with E-state index in [-0.39, 0.29) is 11.4 Å². The van der Waals surface area contributed by atoms with Crippen LogP contribution in [0.3, 0.4) is 0 Å². The number of nitriles is 2. The Morgan fingerprint density at radius 2 is 0.632 bits per heavy atom. The Hall–Kier alpha value is -9.36. The molecule has 12 rings (SSSR count). The zero-order valence-corrected chi connectivity index (χ0v) is 36.3. The summed E-state index contributed by atoms with van der Waals surface area (Å²) in [5.41, 5.74) is 7.02. The van der Waals surface area contributed by atoms with Crippen LogP contribution in [0.5, 0.6) is 0 Å². The molecule has 0 amide bonds. The van der Waals surface area contributed by atoms with E-state index in [2.05, 4.69) is 60.7 Å². The number of anilines is 6. The maximum absolute atomic E-state index is 17.1. The van der Waals surface area contributed by atoms with Gasteiger partial charge in [0, 0.05) is 10.8 Å². The van der Waals surface area contributed by atoms with Crippen molar-refractivity contribution in [2.75, 3.05) is 9.80 Å². The van der Waals surface area contributed by atoms with Gasteiger partial charge >= 0.3 is 0 Å². The van der Waals surface area contributed by atoms with Crippen LogP contribution >= 0.6 is 0 Å². The maximum Gasteiger partial charge on any atom is 0.147 e. The fourth-order valence-electron chi connectivity index (χ4n) is 9.94. The number of hydrogen-bond donors (Lipinski definition) is 0. The molecule has 0 bridgehead atoms. The molecule has 0 aliphatic carbocycles. The summed E-state index contributed by atoms with van der Waals surface area (Å²) >= 11 is 0. The third-order valence-corrected chi connectivity index (χ3v) is 13.2. The van der Waals surface area contributed by atoms with E-state index in [1.807, 2.05) is 131 Å². The molecule has 0 spiro atoms. The van der Waals surface area contributed by atoms with Crippen LogP contribution in [-0.4, -0.2) is 0 Å². The van der Waals surface area contributed by atoms with E-state index < -0.39 is 11.6 Å². The summed E-state index contributed by atoms with van der Waals surface area (Å²) < 4.78 is 34.1. The fraction of sp³-hybridized carbons (Fsp3) is 0. The van der Waals surface area contributed by atoms with Crippen LogP contribution < -0.4 is 9.80 Å². The summed E-state index contributed by atoms with van der Waals surface area (Å²) in [6.45, 7) is 0. The van der Waals surface area contributed by atoms with Gasteiger partial charge in [0.2, 0.25) is 0 Å². The molecule has 4 nitrogen and oxygen atoms in total. The van der Waals surface area contributed by atoms with E-state index >= 15 is 8.78 Å². The molecule has 68 heavy (non-hydrogen) atoms. The SMILES string of the molecule is N#Cc1ccccc1N(c1ccc(-c2ccc3ccccc3c2)cc1F)c1ccc2ccc3c(N(c4ccc(-c5ccc6ccccc6c5)cc4F)c4ccccc4C#N)ccc4ccc1c2c43. The lowest BCUT2D eigenvalue weighted by atomic mass is 9.91. The zero-order chi connectivity index (χ0) is 45.9. The summed E-state index contributed by atoms with van der Waals surface area (Å²) in [4.78, 5) is 3.68. The maximum atomic E-state index is 17.1. The number of benzene rings is 12. The highest BCUT2D eigenvalue weighted by molar-refractivity contribution is 6.28.